The molecule has 0 radical (unpaired) electrons. The Balaban J connectivity index is 1.43. The molecule has 0 saturated carbocycles. The Hall–Kier alpha value is -3.07. The third kappa shape index (κ3) is 4.89. The first-order chi connectivity index (χ1) is 16.2. The Morgan fingerprint density at radius 3 is 2.71 bits per heavy atom. The Bertz CT molecular complexity index is 1150. The van der Waals surface area contributed by atoms with Crippen LogP contribution in [0.5, 0.6) is 5.75 Å². The summed E-state index contributed by atoms with van der Waals surface area (Å²) in [7, 11) is 0. The van der Waals surface area contributed by atoms with Gasteiger partial charge >= 0.3 is 0 Å². The van der Waals surface area contributed by atoms with E-state index in [-0.39, 0.29) is 11.3 Å². The fourth-order valence-corrected chi connectivity index (χ4v) is 4.78. The number of ether oxygens (including phenoxy) is 1. The van der Waals surface area contributed by atoms with Gasteiger partial charge in [-0.05, 0) is 37.6 Å². The molecule has 6 N–H and O–H groups in total. The van der Waals surface area contributed by atoms with Gasteiger partial charge in [0.25, 0.3) is 0 Å². The van der Waals surface area contributed by atoms with Crippen molar-refractivity contribution in [3.8, 4) is 5.75 Å². The molecule has 0 bridgehead atoms. The Morgan fingerprint density at radius 2 is 2.09 bits per heavy atom. The molecule has 8 nitrogen and oxygen atoms in total. The molecular weight excluding hydrogens is 473 g/mol. The maximum Gasteiger partial charge on any atom is 0.148 e. The molecule has 3 heterocycles. The van der Waals surface area contributed by atoms with Crippen molar-refractivity contribution in [2.45, 2.75) is 31.0 Å². The van der Waals surface area contributed by atoms with Crippen LogP contribution in [-0.2, 0) is 0 Å². The number of aromatic nitrogens is 1. The average Bonchev–Trinajstić information content (AvgIpc) is 2.78. The monoisotopic (exact) mass is 499 g/mol. The lowest BCUT2D eigenvalue weighted by atomic mass is 9.87. The largest absolute Gasteiger partial charge is 0.486 e. The summed E-state index contributed by atoms with van der Waals surface area (Å²) in [5.74, 6) is 1.33. The highest BCUT2D eigenvalue weighted by molar-refractivity contribution is 6.35. The van der Waals surface area contributed by atoms with Crippen LogP contribution >= 0.6 is 23.2 Å². The summed E-state index contributed by atoms with van der Waals surface area (Å²) in [6.45, 7) is 7.03. The molecule has 1 saturated heterocycles. The van der Waals surface area contributed by atoms with Crippen molar-refractivity contribution in [3.63, 3.8) is 0 Å². The van der Waals surface area contributed by atoms with Crippen molar-refractivity contribution < 1.29 is 4.74 Å². The van der Waals surface area contributed by atoms with Crippen LogP contribution in [-0.4, -0.2) is 46.1 Å². The Kier molecular flexibility index (Phi) is 6.84. The van der Waals surface area contributed by atoms with Gasteiger partial charge in [-0.25, -0.2) is 0 Å². The van der Waals surface area contributed by atoms with Gasteiger partial charge < -0.3 is 26.5 Å². The summed E-state index contributed by atoms with van der Waals surface area (Å²) in [5.41, 5.74) is 17.2. The van der Waals surface area contributed by atoms with Crippen molar-refractivity contribution in [3.05, 3.63) is 76.6 Å². The highest BCUT2D eigenvalue weighted by Crippen LogP contribution is 2.33. The number of hydrogen-bond donors (Lipinski definition) is 4. The van der Waals surface area contributed by atoms with E-state index in [1.807, 2.05) is 25.2 Å². The minimum absolute atomic E-state index is 0.252. The quantitative estimate of drug-likeness (QED) is 0.260. The molecular formula is C24H27Cl2N7O. The van der Waals surface area contributed by atoms with Crippen LogP contribution in [0.4, 0.5) is 5.69 Å². The van der Waals surface area contributed by atoms with E-state index in [2.05, 4.69) is 27.0 Å². The molecule has 0 amide bonds. The van der Waals surface area contributed by atoms with Gasteiger partial charge in [0.05, 0.1) is 21.3 Å². The first-order valence-corrected chi connectivity index (χ1v) is 11.6. The van der Waals surface area contributed by atoms with Crippen molar-refractivity contribution in [2.24, 2.45) is 10.8 Å². The van der Waals surface area contributed by atoms with E-state index >= 15 is 0 Å². The van der Waals surface area contributed by atoms with Crippen molar-refractivity contribution in [2.75, 3.05) is 18.8 Å². The maximum atomic E-state index is 8.71. The number of nitrogen functional groups attached to an aromatic ring is 1. The molecule has 1 unspecified atom stereocenters. The van der Waals surface area contributed by atoms with Crippen molar-refractivity contribution in [1.29, 1.82) is 5.41 Å². The fraction of sp³-hybridized carbons (Fsp3) is 0.292. The molecule has 10 heteroatoms. The molecule has 1 fully saturated rings. The van der Waals surface area contributed by atoms with Gasteiger partial charge in [0.1, 0.15) is 23.7 Å². The molecule has 1 aromatic heterocycles. The van der Waals surface area contributed by atoms with Gasteiger partial charge in [-0.1, -0.05) is 35.4 Å². The van der Waals surface area contributed by atoms with Crippen LogP contribution in [0.3, 0.4) is 0 Å². The number of nitrogens with zero attached hydrogens (tertiary/aromatic N) is 3. The number of nitrogens with one attached hydrogen (secondary N) is 2. The van der Waals surface area contributed by atoms with E-state index in [1.165, 1.54) is 12.4 Å². The number of pyridine rings is 1. The molecule has 2 aliphatic rings. The topological polar surface area (TPSA) is 126 Å². The number of halogens is 2. The van der Waals surface area contributed by atoms with Crippen LogP contribution < -0.4 is 21.6 Å². The molecule has 2 aromatic rings. The molecule has 1 aromatic carbocycles. The number of hydrazone groups is 1. The van der Waals surface area contributed by atoms with E-state index in [0.717, 1.165) is 12.3 Å². The van der Waals surface area contributed by atoms with Gasteiger partial charge in [0.15, 0.2) is 0 Å². The molecule has 0 aliphatic carbocycles. The highest BCUT2D eigenvalue weighted by Gasteiger charge is 2.40. The van der Waals surface area contributed by atoms with Crippen molar-refractivity contribution >= 4 is 40.4 Å². The maximum absolute atomic E-state index is 8.71. The second kappa shape index (κ2) is 9.66. The first kappa shape index (κ1) is 24.1. The van der Waals surface area contributed by atoms with Gasteiger partial charge in [-0.15, -0.1) is 6.58 Å². The first-order valence-electron chi connectivity index (χ1n) is 10.8. The molecule has 2 aliphatic heterocycles. The predicted octanol–water partition coefficient (Wildman–Crippen LogP) is 3.91. The van der Waals surface area contributed by atoms with Crippen LogP contribution in [0.2, 0.25) is 10.0 Å². The third-order valence-electron chi connectivity index (χ3n) is 5.88. The summed E-state index contributed by atoms with van der Waals surface area (Å²) >= 11 is 12.5. The van der Waals surface area contributed by atoms with E-state index in [9.17, 15) is 0 Å². The summed E-state index contributed by atoms with van der Waals surface area (Å²) in [6.07, 6.45) is 9.01. The number of anilines is 1. The van der Waals surface area contributed by atoms with E-state index < -0.39 is 12.1 Å². The Labute approximate surface area is 208 Å². The standard InChI is InChI=1S/C24H27Cl2N7O/c1-3-8-24(29)12-33(13-24)21-7-6-20(31-32-21)23(28)16-9-15(4-5-19(16)27)34-14(2)22-17(25)10-30-11-18(22)26/h3-7,9-11,14,20,28,31H,1,8,12-13,27,29H2,2H3/t14-,20?/m1/s1. The number of likely N-dealkylation sites (tertiary alicyclic amines) is 1. The van der Waals surface area contributed by atoms with E-state index in [0.29, 0.717) is 45.7 Å². The van der Waals surface area contributed by atoms with Crippen LogP contribution in [0.25, 0.3) is 0 Å². The van der Waals surface area contributed by atoms with Crippen molar-refractivity contribution in [1.82, 2.24) is 15.3 Å². The summed E-state index contributed by atoms with van der Waals surface area (Å²) < 4.78 is 6.06. The molecule has 34 heavy (non-hydrogen) atoms. The normalized spacial score (nSPS) is 19.5. The minimum Gasteiger partial charge on any atom is -0.486 e. The van der Waals surface area contributed by atoms with Gasteiger partial charge in [-0.3, -0.25) is 10.4 Å². The lowest BCUT2D eigenvalue weighted by molar-refractivity contribution is 0.148. The van der Waals surface area contributed by atoms with E-state index in [4.69, 9.17) is 44.8 Å². The summed E-state index contributed by atoms with van der Waals surface area (Å²) in [6, 6.07) is 4.76. The predicted molar refractivity (Wildman–Crippen MR) is 138 cm³/mol. The van der Waals surface area contributed by atoms with Gasteiger partial charge in [-0.2, -0.15) is 5.10 Å². The second-order valence-corrected chi connectivity index (χ2v) is 9.40. The second-order valence-electron chi connectivity index (χ2n) is 8.59. The van der Waals surface area contributed by atoms with Crippen LogP contribution in [0, 0.1) is 5.41 Å². The zero-order valence-electron chi connectivity index (χ0n) is 18.8. The number of amidine groups is 1. The average molecular weight is 500 g/mol. The lowest BCUT2D eigenvalue weighted by Gasteiger charge is -2.48. The van der Waals surface area contributed by atoms with Gasteiger partial charge in [0.2, 0.25) is 0 Å². The minimum atomic E-state index is -0.431. The molecule has 2 atom stereocenters. The van der Waals surface area contributed by atoms with Crippen LogP contribution in [0.1, 0.15) is 30.6 Å². The summed E-state index contributed by atoms with van der Waals surface area (Å²) in [4.78, 5) is 6.06. The zero-order chi connectivity index (χ0) is 24.5. The zero-order valence-corrected chi connectivity index (χ0v) is 20.3. The van der Waals surface area contributed by atoms with Gasteiger partial charge in [0, 0.05) is 42.3 Å². The molecule has 178 valence electrons. The molecule has 4 rings (SSSR count). The number of benzene rings is 1. The smallest absolute Gasteiger partial charge is 0.148 e. The fourth-order valence-electron chi connectivity index (χ4n) is 4.11. The SMILES string of the molecule is C=CCC1(N)CN(C2=NNC(C(=N)c3cc(O[C@H](C)c4c(Cl)cncc4Cl)ccc3N)C=C2)C1. The number of rotatable bonds is 7. The summed E-state index contributed by atoms with van der Waals surface area (Å²) in [5, 5.41) is 14.0. The Morgan fingerprint density at radius 1 is 1.38 bits per heavy atom. The molecule has 0 spiro atoms. The highest BCUT2D eigenvalue weighted by atomic mass is 35.5. The van der Waals surface area contributed by atoms with E-state index in [1.54, 1.807) is 18.2 Å². The number of hydrogen-bond acceptors (Lipinski definition) is 8. The number of nitrogens with two attached hydrogens (primary N) is 2. The van der Waals surface area contributed by atoms with Crippen LogP contribution in [0.15, 0.2) is 60.5 Å². The third-order valence-corrected chi connectivity index (χ3v) is 6.48. The lowest BCUT2D eigenvalue weighted by Crippen LogP contribution is -2.68.